The summed E-state index contributed by atoms with van der Waals surface area (Å²) in [6.07, 6.45) is 0. The molecule has 1 aromatic heterocycles. The van der Waals surface area contributed by atoms with Crippen LogP contribution in [0.15, 0.2) is 33.5 Å². The zero-order chi connectivity index (χ0) is 17.0. The van der Waals surface area contributed by atoms with Crippen molar-refractivity contribution in [3.63, 3.8) is 0 Å². The van der Waals surface area contributed by atoms with Crippen molar-refractivity contribution in [1.82, 2.24) is 0 Å². The van der Waals surface area contributed by atoms with Gasteiger partial charge in [0.2, 0.25) is 5.75 Å². The predicted molar refractivity (Wildman–Crippen MR) is 90.0 cm³/mol. The molecule has 0 amide bonds. The lowest BCUT2D eigenvalue weighted by atomic mass is 9.96. The first kappa shape index (κ1) is 14.4. The normalized spacial score (nSPS) is 11.5. The first-order chi connectivity index (χ1) is 11.6. The lowest BCUT2D eigenvalue weighted by Crippen LogP contribution is -2.04. The second-order valence-electron chi connectivity index (χ2n) is 5.39. The first-order valence-electron chi connectivity index (χ1n) is 7.24. The molecule has 24 heavy (non-hydrogen) atoms. The van der Waals surface area contributed by atoms with Crippen molar-refractivity contribution in [1.29, 1.82) is 0 Å². The van der Waals surface area contributed by atoms with Gasteiger partial charge < -0.3 is 23.7 Å². The molecule has 0 saturated carbocycles. The highest BCUT2D eigenvalue weighted by Gasteiger charge is 2.24. The van der Waals surface area contributed by atoms with Gasteiger partial charge in [-0.2, -0.15) is 0 Å². The summed E-state index contributed by atoms with van der Waals surface area (Å²) in [4.78, 5) is 12.5. The van der Waals surface area contributed by atoms with E-state index in [9.17, 15) is 9.90 Å². The SMILES string of the molecule is COc1cc2ccc3c(OC)c(OC)c(O)c4c(=O)oc(c1)c2c34. The number of aromatic hydroxyl groups is 1. The molecular weight excluding hydrogens is 312 g/mol. The van der Waals surface area contributed by atoms with E-state index in [1.807, 2.05) is 18.2 Å². The van der Waals surface area contributed by atoms with Crippen LogP contribution in [0, 0.1) is 0 Å². The lowest BCUT2D eigenvalue weighted by Gasteiger charge is -2.17. The van der Waals surface area contributed by atoms with Crippen LogP contribution in [-0.2, 0) is 0 Å². The molecule has 0 saturated heterocycles. The molecule has 0 unspecified atom stereocenters. The third-order valence-corrected chi connectivity index (χ3v) is 4.26. The Morgan fingerprint density at radius 2 is 1.67 bits per heavy atom. The van der Waals surface area contributed by atoms with Crippen LogP contribution in [0.1, 0.15) is 0 Å². The summed E-state index contributed by atoms with van der Waals surface area (Å²) in [6.45, 7) is 0. The quantitative estimate of drug-likeness (QED) is 0.460. The zero-order valence-electron chi connectivity index (χ0n) is 13.3. The molecule has 4 aromatic rings. The van der Waals surface area contributed by atoms with Crippen LogP contribution >= 0.6 is 0 Å². The number of rotatable bonds is 3. The third-order valence-electron chi connectivity index (χ3n) is 4.26. The number of hydrogen-bond acceptors (Lipinski definition) is 6. The molecule has 4 rings (SSSR count). The van der Waals surface area contributed by atoms with Crippen LogP contribution in [0.2, 0.25) is 0 Å². The molecule has 0 atom stereocenters. The Labute approximate surface area is 136 Å². The molecule has 3 aromatic carbocycles. The van der Waals surface area contributed by atoms with Crippen LogP contribution in [0.5, 0.6) is 23.0 Å². The van der Waals surface area contributed by atoms with Gasteiger partial charge >= 0.3 is 5.63 Å². The number of phenols is 1. The van der Waals surface area contributed by atoms with E-state index in [-0.39, 0.29) is 16.9 Å². The van der Waals surface area contributed by atoms with E-state index in [4.69, 9.17) is 18.6 Å². The first-order valence-corrected chi connectivity index (χ1v) is 7.24. The summed E-state index contributed by atoms with van der Waals surface area (Å²) in [7, 11) is 4.44. The van der Waals surface area contributed by atoms with Crippen LogP contribution in [-0.4, -0.2) is 26.4 Å². The lowest BCUT2D eigenvalue weighted by molar-refractivity contribution is 0.337. The molecule has 6 heteroatoms. The fourth-order valence-electron chi connectivity index (χ4n) is 3.25. The van der Waals surface area contributed by atoms with Gasteiger partial charge in [-0.3, -0.25) is 0 Å². The van der Waals surface area contributed by atoms with E-state index in [1.54, 1.807) is 13.2 Å². The summed E-state index contributed by atoms with van der Waals surface area (Å²) in [6, 6.07) is 7.20. The van der Waals surface area contributed by atoms with Gasteiger partial charge in [-0.15, -0.1) is 0 Å². The fraction of sp³-hybridized carbons (Fsp3) is 0.167. The largest absolute Gasteiger partial charge is 0.504 e. The minimum Gasteiger partial charge on any atom is -0.504 e. The van der Waals surface area contributed by atoms with Gasteiger partial charge in [0.1, 0.15) is 16.7 Å². The van der Waals surface area contributed by atoms with Crippen LogP contribution in [0.4, 0.5) is 0 Å². The highest BCUT2D eigenvalue weighted by Crippen LogP contribution is 2.49. The van der Waals surface area contributed by atoms with Crippen LogP contribution < -0.4 is 19.8 Å². The third kappa shape index (κ3) is 1.68. The average Bonchev–Trinajstić information content (AvgIpc) is 2.59. The summed E-state index contributed by atoms with van der Waals surface area (Å²) < 4.78 is 21.3. The Bertz CT molecular complexity index is 1140. The molecule has 1 N–H and O–H groups in total. The minimum absolute atomic E-state index is 0.0749. The average molecular weight is 326 g/mol. The maximum atomic E-state index is 12.5. The van der Waals surface area contributed by atoms with E-state index < -0.39 is 5.63 Å². The maximum Gasteiger partial charge on any atom is 0.348 e. The van der Waals surface area contributed by atoms with Gasteiger partial charge in [-0.25, -0.2) is 4.79 Å². The van der Waals surface area contributed by atoms with Gasteiger partial charge in [0.05, 0.1) is 21.3 Å². The fourth-order valence-corrected chi connectivity index (χ4v) is 3.25. The Balaban J connectivity index is 2.37. The molecule has 0 fully saturated rings. The number of hydrogen-bond donors (Lipinski definition) is 1. The maximum absolute atomic E-state index is 12.5. The van der Waals surface area contributed by atoms with Gasteiger partial charge in [0.15, 0.2) is 11.5 Å². The van der Waals surface area contributed by atoms with Crippen molar-refractivity contribution in [2.24, 2.45) is 0 Å². The van der Waals surface area contributed by atoms with Crippen molar-refractivity contribution in [2.75, 3.05) is 21.3 Å². The Morgan fingerprint density at radius 3 is 2.33 bits per heavy atom. The van der Waals surface area contributed by atoms with E-state index in [0.29, 0.717) is 27.9 Å². The monoisotopic (exact) mass is 326 g/mol. The van der Waals surface area contributed by atoms with Crippen LogP contribution in [0.25, 0.3) is 32.5 Å². The zero-order valence-corrected chi connectivity index (χ0v) is 13.3. The highest BCUT2D eigenvalue weighted by molar-refractivity contribution is 6.24. The topological polar surface area (TPSA) is 78.1 Å². The van der Waals surface area contributed by atoms with E-state index in [0.717, 1.165) is 10.8 Å². The number of ether oxygens (including phenoxy) is 3. The Hall–Kier alpha value is -3.15. The second kappa shape index (κ2) is 4.92. The van der Waals surface area contributed by atoms with E-state index in [2.05, 4.69) is 0 Å². The van der Waals surface area contributed by atoms with Gasteiger partial charge in [0, 0.05) is 22.2 Å². The Morgan fingerprint density at radius 1 is 0.917 bits per heavy atom. The molecule has 0 aliphatic rings. The minimum atomic E-state index is -0.647. The highest BCUT2D eigenvalue weighted by atomic mass is 16.5. The van der Waals surface area contributed by atoms with Crippen molar-refractivity contribution in [3.05, 3.63) is 34.7 Å². The molecule has 122 valence electrons. The molecule has 0 radical (unpaired) electrons. The van der Waals surface area contributed by atoms with Crippen molar-refractivity contribution in [2.45, 2.75) is 0 Å². The summed E-state index contributed by atoms with van der Waals surface area (Å²) in [5.41, 5.74) is -0.259. The van der Waals surface area contributed by atoms with Crippen molar-refractivity contribution >= 4 is 32.5 Å². The summed E-state index contributed by atoms with van der Waals surface area (Å²) >= 11 is 0. The van der Waals surface area contributed by atoms with Crippen LogP contribution in [0.3, 0.4) is 0 Å². The van der Waals surface area contributed by atoms with Gasteiger partial charge in [-0.1, -0.05) is 6.07 Å². The molecule has 6 nitrogen and oxygen atoms in total. The molecule has 1 heterocycles. The Kier molecular flexibility index (Phi) is 2.96. The predicted octanol–water partition coefficient (Wildman–Crippen LogP) is 3.27. The number of methoxy groups -OCH3 is 3. The summed E-state index contributed by atoms with van der Waals surface area (Å²) in [5.74, 6) is 0.763. The molecule has 0 aliphatic heterocycles. The molecule has 0 aliphatic carbocycles. The molecule has 0 spiro atoms. The van der Waals surface area contributed by atoms with Gasteiger partial charge in [0.25, 0.3) is 0 Å². The molecular formula is C18H14O6. The molecule has 0 bridgehead atoms. The second-order valence-corrected chi connectivity index (χ2v) is 5.39. The smallest absolute Gasteiger partial charge is 0.348 e. The van der Waals surface area contributed by atoms with E-state index in [1.165, 1.54) is 14.2 Å². The van der Waals surface area contributed by atoms with Crippen molar-refractivity contribution in [3.8, 4) is 23.0 Å². The summed E-state index contributed by atoms with van der Waals surface area (Å²) in [5, 5.41) is 13.4. The number of benzene rings is 3. The standard InChI is InChI=1S/C18H14O6/c1-21-9-6-8-4-5-10-13-12(8)11(7-9)24-18(20)14(13)15(19)17(23-3)16(10)22-2/h4-7,19H,1-3H3. The number of phenolic OH excluding ortho intramolecular Hbond substituents is 1. The van der Waals surface area contributed by atoms with Gasteiger partial charge in [-0.05, 0) is 17.5 Å². The van der Waals surface area contributed by atoms with E-state index >= 15 is 0 Å². The van der Waals surface area contributed by atoms with Crippen molar-refractivity contribution < 1.29 is 23.7 Å².